The number of urea groups is 1. The lowest BCUT2D eigenvalue weighted by Gasteiger charge is -2.40. The molecule has 0 spiro atoms. The van der Waals surface area contributed by atoms with E-state index in [1.54, 1.807) is 0 Å². The molecule has 1 rings (SSSR count). The maximum absolute atomic E-state index is 12.5. The van der Waals surface area contributed by atoms with Crippen LogP contribution in [0.3, 0.4) is 0 Å². The molecule has 13 nitrogen and oxygen atoms in total. The summed E-state index contributed by atoms with van der Waals surface area (Å²) in [6.45, 7) is -0.505. The number of likely N-dealkylation sites (N-methyl/N-ethyl adjacent to an activating group) is 1. The third-order valence-electron chi connectivity index (χ3n) is 4.14. The van der Waals surface area contributed by atoms with E-state index in [2.05, 4.69) is 20.6 Å². The molecule has 0 bridgehead atoms. The first-order valence-corrected chi connectivity index (χ1v) is 8.23. The molecule has 0 saturated heterocycles. The van der Waals surface area contributed by atoms with Crippen molar-refractivity contribution in [2.75, 3.05) is 26.7 Å². The molecule has 1 heterocycles. The zero-order valence-corrected chi connectivity index (χ0v) is 15.1. The summed E-state index contributed by atoms with van der Waals surface area (Å²) >= 11 is 0. The summed E-state index contributed by atoms with van der Waals surface area (Å²) in [7, 11) is 1.38. The zero-order valence-electron chi connectivity index (χ0n) is 15.1. The summed E-state index contributed by atoms with van der Waals surface area (Å²) in [4.78, 5) is 44.7. The number of nitrogens with two attached hydrogens (primary N) is 4. The Morgan fingerprint density at radius 3 is 2.63 bits per heavy atom. The van der Waals surface area contributed by atoms with Gasteiger partial charge >= 0.3 is 6.03 Å². The maximum Gasteiger partial charge on any atom is 0.318 e. The van der Waals surface area contributed by atoms with Crippen LogP contribution in [0.1, 0.15) is 19.3 Å². The van der Waals surface area contributed by atoms with E-state index in [-0.39, 0.29) is 24.9 Å². The number of carbonyl (C=O) groups is 3. The number of amides is 4. The Balaban J connectivity index is 2.71. The van der Waals surface area contributed by atoms with Crippen LogP contribution in [0.25, 0.3) is 0 Å². The van der Waals surface area contributed by atoms with Crippen molar-refractivity contribution < 1.29 is 19.5 Å². The van der Waals surface area contributed by atoms with E-state index in [4.69, 9.17) is 22.9 Å². The summed E-state index contributed by atoms with van der Waals surface area (Å²) in [5.41, 5.74) is 19.8. The third kappa shape index (κ3) is 6.07. The molecule has 1 aliphatic heterocycles. The number of nitrogens with one attached hydrogen (secondary N) is 2. The number of aliphatic imine (C=N–C) groups is 2. The zero-order chi connectivity index (χ0) is 20.6. The van der Waals surface area contributed by atoms with Crippen molar-refractivity contribution in [1.29, 1.82) is 0 Å². The number of hydrogen-bond acceptors (Lipinski definition) is 7. The molecule has 13 heteroatoms. The van der Waals surface area contributed by atoms with E-state index < -0.39 is 36.0 Å². The molecule has 11 N–H and O–H groups in total. The van der Waals surface area contributed by atoms with Gasteiger partial charge < -0.3 is 32.9 Å². The lowest BCUT2D eigenvalue weighted by atomic mass is 9.95. The number of nitrogens with zero attached hydrogens (tertiary/aromatic N) is 3. The molecule has 0 unspecified atom stereocenters. The molecule has 1 aliphatic rings. The number of hydrogen-bond donors (Lipinski definition) is 7. The second-order valence-corrected chi connectivity index (χ2v) is 6.16. The normalized spacial score (nSPS) is 20.1. The van der Waals surface area contributed by atoms with Crippen LogP contribution in [0.2, 0.25) is 0 Å². The van der Waals surface area contributed by atoms with Gasteiger partial charge in [0.1, 0.15) is 0 Å². The number of aliphatic hydroxyl groups excluding tert-OH is 1. The second-order valence-electron chi connectivity index (χ2n) is 6.16. The van der Waals surface area contributed by atoms with Crippen LogP contribution in [-0.4, -0.2) is 78.1 Å². The van der Waals surface area contributed by atoms with Gasteiger partial charge in [-0.2, -0.15) is 0 Å². The average Bonchev–Trinajstić information content (AvgIpc) is 2.58. The highest BCUT2D eigenvalue weighted by atomic mass is 16.3. The lowest BCUT2D eigenvalue weighted by molar-refractivity contribution is -0.148. The van der Waals surface area contributed by atoms with Crippen LogP contribution in [-0.2, 0) is 9.59 Å². The van der Waals surface area contributed by atoms with Crippen molar-refractivity contribution in [2.45, 2.75) is 30.8 Å². The van der Waals surface area contributed by atoms with Crippen molar-refractivity contribution in [2.24, 2.45) is 32.9 Å². The highest BCUT2D eigenvalue weighted by molar-refractivity contribution is 6.09. The highest BCUT2D eigenvalue weighted by Gasteiger charge is 2.47. The topological polar surface area (TPSA) is 228 Å². The predicted molar refractivity (Wildman–Crippen MR) is 98.3 cm³/mol. The minimum Gasteiger partial charge on any atom is -0.393 e. The van der Waals surface area contributed by atoms with Gasteiger partial charge in [0.15, 0.2) is 11.5 Å². The van der Waals surface area contributed by atoms with Gasteiger partial charge in [-0.3, -0.25) is 25.2 Å². The quantitative estimate of drug-likeness (QED) is 0.125. The number of carbonyl (C=O) groups excluding carboxylic acids is 3. The van der Waals surface area contributed by atoms with Crippen molar-refractivity contribution in [1.82, 2.24) is 15.5 Å². The SMILES string of the molecule is CN(C(=O)C[C@H](N)CCCN=C(N)N)[C@]1(CO)CN=C(NC(N)=O)NC1=O. The van der Waals surface area contributed by atoms with Crippen LogP contribution >= 0.6 is 0 Å². The van der Waals surface area contributed by atoms with E-state index in [1.165, 1.54) is 7.05 Å². The van der Waals surface area contributed by atoms with Gasteiger partial charge in [0.2, 0.25) is 11.9 Å². The van der Waals surface area contributed by atoms with Gasteiger partial charge in [0.25, 0.3) is 5.91 Å². The third-order valence-corrected chi connectivity index (χ3v) is 4.14. The fraction of sp³-hybridized carbons (Fsp3) is 0.643. The van der Waals surface area contributed by atoms with E-state index in [9.17, 15) is 19.5 Å². The van der Waals surface area contributed by atoms with Gasteiger partial charge in [-0.1, -0.05) is 0 Å². The van der Waals surface area contributed by atoms with Crippen LogP contribution in [0.5, 0.6) is 0 Å². The van der Waals surface area contributed by atoms with Crippen LogP contribution in [0.15, 0.2) is 9.98 Å². The minimum absolute atomic E-state index is 0.0154. The van der Waals surface area contributed by atoms with E-state index in [0.29, 0.717) is 19.4 Å². The molecular formula is C14H27N9O4. The lowest BCUT2D eigenvalue weighted by Crippen LogP contribution is -2.68. The summed E-state index contributed by atoms with van der Waals surface area (Å²) in [6.07, 6.45) is 1.05. The van der Waals surface area contributed by atoms with Gasteiger partial charge in [-0.05, 0) is 12.8 Å². The molecular weight excluding hydrogens is 358 g/mol. The van der Waals surface area contributed by atoms with Crippen molar-refractivity contribution in [3.63, 3.8) is 0 Å². The van der Waals surface area contributed by atoms with E-state index in [1.807, 2.05) is 0 Å². The molecule has 0 radical (unpaired) electrons. The highest BCUT2D eigenvalue weighted by Crippen LogP contribution is 2.19. The Morgan fingerprint density at radius 2 is 2.11 bits per heavy atom. The number of guanidine groups is 2. The largest absolute Gasteiger partial charge is 0.393 e. The monoisotopic (exact) mass is 385 g/mol. The molecule has 0 aliphatic carbocycles. The maximum atomic E-state index is 12.5. The molecule has 0 saturated carbocycles. The number of rotatable bonds is 8. The first-order chi connectivity index (χ1) is 12.6. The second kappa shape index (κ2) is 9.68. The molecule has 4 amide bonds. The van der Waals surface area contributed by atoms with Crippen molar-refractivity contribution in [3.8, 4) is 0 Å². The van der Waals surface area contributed by atoms with Crippen molar-refractivity contribution in [3.05, 3.63) is 0 Å². The Hall–Kier alpha value is -2.93. The summed E-state index contributed by atoms with van der Waals surface area (Å²) < 4.78 is 0. The van der Waals surface area contributed by atoms with E-state index in [0.717, 1.165) is 4.90 Å². The van der Waals surface area contributed by atoms with Crippen LogP contribution < -0.4 is 33.6 Å². The average molecular weight is 385 g/mol. The summed E-state index contributed by atoms with van der Waals surface area (Å²) in [5.74, 6) is -1.29. The first-order valence-electron chi connectivity index (χ1n) is 8.23. The molecule has 0 aromatic rings. The standard InChI is InChI=1S/C14H27N9O4/c1-23(9(25)5-8(15)3-2-4-19-11(16)17)14(7-24)6-20-13(21-10(14)26)22-12(18)27/h8,24H,2-7,15H2,1H3,(H4,16,17,19)(H4,18,20,21,22,26,27)/t8-,14+/m1/s1. The van der Waals surface area contributed by atoms with Gasteiger partial charge in [0.05, 0.1) is 13.2 Å². The minimum atomic E-state index is -1.60. The molecule has 0 fully saturated rings. The Kier molecular flexibility index (Phi) is 7.93. The van der Waals surface area contributed by atoms with Gasteiger partial charge in [0, 0.05) is 26.1 Å². The van der Waals surface area contributed by atoms with Gasteiger partial charge in [-0.25, -0.2) is 9.79 Å². The molecule has 0 aromatic carbocycles. The Labute approximate surface area is 156 Å². The molecule has 152 valence electrons. The van der Waals surface area contributed by atoms with Crippen LogP contribution in [0, 0.1) is 0 Å². The fourth-order valence-electron chi connectivity index (χ4n) is 2.48. The van der Waals surface area contributed by atoms with Gasteiger partial charge in [-0.15, -0.1) is 0 Å². The number of primary amides is 1. The van der Waals surface area contributed by atoms with Crippen LogP contribution in [0.4, 0.5) is 4.79 Å². The fourth-order valence-corrected chi connectivity index (χ4v) is 2.48. The summed E-state index contributed by atoms with van der Waals surface area (Å²) in [6, 6.07) is -1.37. The number of aliphatic hydroxyl groups is 1. The Bertz CT molecular complexity index is 632. The van der Waals surface area contributed by atoms with E-state index >= 15 is 0 Å². The molecule has 27 heavy (non-hydrogen) atoms. The molecule has 0 aromatic heterocycles. The van der Waals surface area contributed by atoms with Crippen molar-refractivity contribution >= 4 is 29.8 Å². The Morgan fingerprint density at radius 1 is 1.44 bits per heavy atom. The first kappa shape index (κ1) is 22.1. The smallest absolute Gasteiger partial charge is 0.318 e. The molecule has 2 atom stereocenters. The predicted octanol–water partition coefficient (Wildman–Crippen LogP) is -3.90. The summed E-state index contributed by atoms with van der Waals surface area (Å²) in [5, 5.41) is 14.2.